The molecule has 1 aromatic carbocycles. The molecule has 1 N–H and O–H groups in total. The number of halogens is 2. The second-order valence-corrected chi connectivity index (χ2v) is 6.13. The Kier molecular flexibility index (Phi) is 6.17. The van der Waals surface area contributed by atoms with Crippen LogP contribution in [0.4, 0.5) is 0 Å². The normalized spacial score (nSPS) is 10.8. The highest BCUT2D eigenvalue weighted by atomic mass is 35.5. The van der Waals surface area contributed by atoms with Crippen molar-refractivity contribution in [2.24, 2.45) is 0 Å². The van der Waals surface area contributed by atoms with Crippen LogP contribution in [-0.4, -0.2) is 11.5 Å². The number of hydrogen-bond donors (Lipinski definition) is 1. The minimum atomic E-state index is 0.657. The van der Waals surface area contributed by atoms with Crippen molar-refractivity contribution in [1.82, 2.24) is 10.3 Å². The van der Waals surface area contributed by atoms with Crippen molar-refractivity contribution in [3.8, 4) is 0 Å². The molecule has 1 aromatic heterocycles. The smallest absolute Gasteiger partial charge is 0.119 e. The molecule has 1 heterocycles. The molecule has 106 valence electrons. The van der Waals surface area contributed by atoms with Gasteiger partial charge in [-0.15, -0.1) is 0 Å². The zero-order chi connectivity index (χ0) is 14.4. The van der Waals surface area contributed by atoms with Gasteiger partial charge in [-0.2, -0.15) is 0 Å². The molecule has 20 heavy (non-hydrogen) atoms. The van der Waals surface area contributed by atoms with E-state index in [0.29, 0.717) is 5.02 Å². The summed E-state index contributed by atoms with van der Waals surface area (Å²) < 4.78 is 0. The third-order valence-electron chi connectivity index (χ3n) is 2.74. The Morgan fingerprint density at radius 1 is 1.15 bits per heavy atom. The third-order valence-corrected chi connectivity index (χ3v) is 4.63. The van der Waals surface area contributed by atoms with Gasteiger partial charge in [0.05, 0.1) is 5.02 Å². The van der Waals surface area contributed by atoms with E-state index in [1.807, 2.05) is 30.3 Å². The summed E-state index contributed by atoms with van der Waals surface area (Å²) in [6, 6.07) is 9.58. The summed E-state index contributed by atoms with van der Waals surface area (Å²) >= 11 is 14.0. The van der Waals surface area contributed by atoms with Crippen molar-refractivity contribution >= 4 is 35.0 Å². The molecule has 0 amide bonds. The minimum absolute atomic E-state index is 0.657. The molecule has 0 bridgehead atoms. The van der Waals surface area contributed by atoms with Crippen LogP contribution in [0.1, 0.15) is 18.9 Å². The van der Waals surface area contributed by atoms with Gasteiger partial charge in [-0.1, -0.05) is 48.0 Å². The molecular formula is C15H16Cl2N2S. The van der Waals surface area contributed by atoms with E-state index < -0.39 is 0 Å². The van der Waals surface area contributed by atoms with E-state index in [9.17, 15) is 0 Å². The highest BCUT2D eigenvalue weighted by molar-refractivity contribution is 7.99. The van der Waals surface area contributed by atoms with Gasteiger partial charge in [0.2, 0.25) is 0 Å². The van der Waals surface area contributed by atoms with Crippen molar-refractivity contribution in [1.29, 1.82) is 0 Å². The topological polar surface area (TPSA) is 24.9 Å². The molecule has 0 aliphatic heterocycles. The summed E-state index contributed by atoms with van der Waals surface area (Å²) in [5, 5.41) is 5.61. The first-order chi connectivity index (χ1) is 9.72. The maximum atomic E-state index is 6.31. The van der Waals surface area contributed by atoms with Crippen LogP contribution >= 0.6 is 35.0 Å². The van der Waals surface area contributed by atoms with Crippen molar-refractivity contribution in [3.05, 3.63) is 52.1 Å². The number of aromatic nitrogens is 1. The van der Waals surface area contributed by atoms with Crippen LogP contribution in [0.15, 0.2) is 46.5 Å². The molecule has 0 saturated heterocycles. The van der Waals surface area contributed by atoms with Crippen LogP contribution in [0, 0.1) is 0 Å². The van der Waals surface area contributed by atoms with E-state index in [-0.39, 0.29) is 0 Å². The van der Waals surface area contributed by atoms with Gasteiger partial charge in [-0.3, -0.25) is 0 Å². The van der Waals surface area contributed by atoms with Gasteiger partial charge in [-0.05, 0) is 42.8 Å². The summed E-state index contributed by atoms with van der Waals surface area (Å²) in [6.07, 6.45) is 2.84. The lowest BCUT2D eigenvalue weighted by molar-refractivity contribution is 0.669. The highest BCUT2D eigenvalue weighted by Crippen LogP contribution is 2.35. The molecule has 0 radical (unpaired) electrons. The van der Waals surface area contributed by atoms with Crippen LogP contribution in [0.5, 0.6) is 0 Å². The van der Waals surface area contributed by atoms with Gasteiger partial charge in [0, 0.05) is 22.7 Å². The summed E-state index contributed by atoms with van der Waals surface area (Å²) in [7, 11) is 0. The third kappa shape index (κ3) is 4.13. The molecule has 0 saturated carbocycles. The first-order valence-corrected chi connectivity index (χ1v) is 8.06. The maximum Gasteiger partial charge on any atom is 0.119 e. The summed E-state index contributed by atoms with van der Waals surface area (Å²) in [5.41, 5.74) is 1.09. The van der Waals surface area contributed by atoms with Gasteiger partial charge in [0.1, 0.15) is 5.03 Å². The maximum absolute atomic E-state index is 6.31. The Hall–Kier alpha value is -0.740. The SMILES string of the molecule is CCCNCc1c(Cl)cccc1Sc1ncccc1Cl. The highest BCUT2D eigenvalue weighted by Gasteiger charge is 2.10. The van der Waals surface area contributed by atoms with E-state index in [1.54, 1.807) is 18.0 Å². The Morgan fingerprint density at radius 2 is 1.95 bits per heavy atom. The predicted octanol–water partition coefficient (Wildman–Crippen LogP) is 5.04. The van der Waals surface area contributed by atoms with Crippen LogP contribution < -0.4 is 5.32 Å². The van der Waals surface area contributed by atoms with Crippen LogP contribution in [0.2, 0.25) is 10.0 Å². The van der Waals surface area contributed by atoms with Crippen LogP contribution in [-0.2, 0) is 6.54 Å². The van der Waals surface area contributed by atoms with E-state index in [2.05, 4.69) is 17.2 Å². The second-order valence-electron chi connectivity index (χ2n) is 4.29. The lowest BCUT2D eigenvalue weighted by atomic mass is 10.2. The monoisotopic (exact) mass is 326 g/mol. The molecule has 2 rings (SSSR count). The van der Waals surface area contributed by atoms with Gasteiger partial charge in [0.25, 0.3) is 0 Å². The van der Waals surface area contributed by atoms with Crippen molar-refractivity contribution in [3.63, 3.8) is 0 Å². The average Bonchev–Trinajstić information content (AvgIpc) is 2.44. The van der Waals surface area contributed by atoms with Crippen LogP contribution in [0.25, 0.3) is 0 Å². The number of pyridine rings is 1. The van der Waals surface area contributed by atoms with Gasteiger partial charge < -0.3 is 5.32 Å². The fourth-order valence-electron chi connectivity index (χ4n) is 1.75. The predicted molar refractivity (Wildman–Crippen MR) is 86.8 cm³/mol. The quantitative estimate of drug-likeness (QED) is 0.753. The average molecular weight is 327 g/mol. The molecule has 0 fully saturated rings. The van der Waals surface area contributed by atoms with E-state index in [0.717, 1.165) is 40.0 Å². The van der Waals surface area contributed by atoms with Gasteiger partial charge in [-0.25, -0.2) is 4.98 Å². The fourth-order valence-corrected chi connectivity index (χ4v) is 3.22. The number of nitrogens with zero attached hydrogens (tertiary/aromatic N) is 1. The molecule has 2 aromatic rings. The fraction of sp³-hybridized carbons (Fsp3) is 0.267. The molecule has 0 aliphatic carbocycles. The van der Waals surface area contributed by atoms with Crippen molar-refractivity contribution < 1.29 is 0 Å². The largest absolute Gasteiger partial charge is 0.313 e. The Balaban J connectivity index is 2.23. The molecule has 5 heteroatoms. The molecular weight excluding hydrogens is 311 g/mol. The first kappa shape index (κ1) is 15.6. The van der Waals surface area contributed by atoms with Crippen molar-refractivity contribution in [2.75, 3.05) is 6.54 Å². The van der Waals surface area contributed by atoms with Gasteiger partial charge >= 0.3 is 0 Å². The summed E-state index contributed by atoms with van der Waals surface area (Å²) in [4.78, 5) is 5.39. The number of hydrogen-bond acceptors (Lipinski definition) is 3. The van der Waals surface area contributed by atoms with E-state index in [1.165, 1.54) is 0 Å². The zero-order valence-corrected chi connectivity index (χ0v) is 13.5. The summed E-state index contributed by atoms with van der Waals surface area (Å²) in [6.45, 7) is 3.86. The number of benzene rings is 1. The van der Waals surface area contributed by atoms with Gasteiger partial charge in [0.15, 0.2) is 0 Å². The molecule has 0 aliphatic rings. The second kappa shape index (κ2) is 7.89. The molecule has 0 atom stereocenters. The van der Waals surface area contributed by atoms with Crippen molar-refractivity contribution in [2.45, 2.75) is 29.8 Å². The lowest BCUT2D eigenvalue weighted by Crippen LogP contribution is -2.14. The number of rotatable bonds is 6. The summed E-state index contributed by atoms with van der Waals surface area (Å²) in [5.74, 6) is 0. The first-order valence-electron chi connectivity index (χ1n) is 6.49. The molecule has 0 spiro atoms. The Labute approximate surface area is 133 Å². The number of nitrogens with one attached hydrogen (secondary N) is 1. The van der Waals surface area contributed by atoms with Crippen LogP contribution in [0.3, 0.4) is 0 Å². The minimum Gasteiger partial charge on any atom is -0.313 e. The van der Waals surface area contributed by atoms with E-state index >= 15 is 0 Å². The lowest BCUT2D eigenvalue weighted by Gasteiger charge is -2.12. The Morgan fingerprint density at radius 3 is 2.70 bits per heavy atom. The zero-order valence-electron chi connectivity index (χ0n) is 11.2. The molecule has 2 nitrogen and oxygen atoms in total. The van der Waals surface area contributed by atoms with E-state index in [4.69, 9.17) is 23.2 Å². The standard InChI is InChI=1S/C15H16Cl2N2S/c1-2-8-18-10-11-12(16)5-3-7-14(11)20-15-13(17)6-4-9-19-15/h3-7,9,18H,2,8,10H2,1H3. The molecule has 0 unspecified atom stereocenters. The Bertz CT molecular complexity index is 576.